The van der Waals surface area contributed by atoms with Gasteiger partial charge in [0.2, 0.25) is 5.91 Å². The van der Waals surface area contributed by atoms with Crippen LogP contribution in [0.1, 0.15) is 17.0 Å². The molecule has 2 N–H and O–H groups in total. The number of benzene rings is 2. The lowest BCUT2D eigenvalue weighted by molar-refractivity contribution is -0.141. The zero-order valence-electron chi connectivity index (χ0n) is 14.8. The molecule has 0 bridgehead atoms. The molecule has 3 rings (SSSR count). The molecule has 0 fully saturated rings. The predicted molar refractivity (Wildman–Crippen MR) is 108 cm³/mol. The maximum Gasteiger partial charge on any atom is 0.304 e. The average Bonchev–Trinajstić information content (AvgIpc) is 3.15. The highest BCUT2D eigenvalue weighted by atomic mass is 35.5. The summed E-state index contributed by atoms with van der Waals surface area (Å²) in [5.41, 5.74) is 1.65. The summed E-state index contributed by atoms with van der Waals surface area (Å²) in [5, 5.41) is 13.1. The molecule has 0 saturated heterocycles. The van der Waals surface area contributed by atoms with Crippen LogP contribution in [0.4, 0.5) is 0 Å². The van der Waals surface area contributed by atoms with Gasteiger partial charge in [0.15, 0.2) is 5.82 Å². The van der Waals surface area contributed by atoms with Gasteiger partial charge in [-0.3, -0.25) is 9.59 Å². The smallest absolute Gasteiger partial charge is 0.304 e. The maximum atomic E-state index is 12.5. The van der Waals surface area contributed by atoms with Crippen LogP contribution in [0.25, 0.3) is 11.4 Å². The second-order valence-corrected chi connectivity index (χ2v) is 7.44. The van der Waals surface area contributed by atoms with Crippen molar-refractivity contribution in [2.24, 2.45) is 5.92 Å². The van der Waals surface area contributed by atoms with Crippen molar-refractivity contribution in [2.45, 2.75) is 19.4 Å². The molecule has 144 valence electrons. The lowest BCUT2D eigenvalue weighted by atomic mass is 9.95. The van der Waals surface area contributed by atoms with Gasteiger partial charge in [-0.1, -0.05) is 54.1 Å². The number of aromatic nitrogens is 2. The summed E-state index contributed by atoms with van der Waals surface area (Å²) in [6.45, 7) is 0.186. The molecule has 6 nitrogen and oxygen atoms in total. The van der Waals surface area contributed by atoms with Crippen LogP contribution in [0.5, 0.6) is 0 Å². The minimum absolute atomic E-state index is 0.186. The highest BCUT2D eigenvalue weighted by molar-refractivity contribution is 7.05. The van der Waals surface area contributed by atoms with Crippen LogP contribution < -0.4 is 5.32 Å². The van der Waals surface area contributed by atoms with Crippen LogP contribution >= 0.6 is 23.1 Å². The number of hydrogen-bond acceptors (Lipinski definition) is 5. The third-order valence-electron chi connectivity index (χ3n) is 4.11. The van der Waals surface area contributed by atoms with Crippen LogP contribution in [0.15, 0.2) is 54.6 Å². The summed E-state index contributed by atoms with van der Waals surface area (Å²) in [7, 11) is 0. The number of nitrogens with one attached hydrogen (secondary N) is 1. The van der Waals surface area contributed by atoms with E-state index in [1.54, 1.807) is 6.07 Å². The van der Waals surface area contributed by atoms with Crippen LogP contribution in [0, 0.1) is 5.92 Å². The van der Waals surface area contributed by atoms with Crippen molar-refractivity contribution in [3.63, 3.8) is 0 Å². The minimum atomic E-state index is -1.01. The van der Waals surface area contributed by atoms with E-state index >= 15 is 0 Å². The normalized spacial score (nSPS) is 11.8. The Morgan fingerprint density at radius 1 is 1.11 bits per heavy atom. The summed E-state index contributed by atoms with van der Waals surface area (Å²) in [6.07, 6.45) is 0.127. The molecule has 0 radical (unpaired) electrons. The molecule has 1 heterocycles. The highest BCUT2D eigenvalue weighted by Gasteiger charge is 2.22. The number of carboxylic acid groups (broad SMARTS) is 1. The van der Waals surface area contributed by atoms with E-state index in [1.165, 1.54) is 11.5 Å². The highest BCUT2D eigenvalue weighted by Crippen LogP contribution is 2.26. The number of halogens is 1. The summed E-state index contributed by atoms with van der Waals surface area (Å²) < 4.78 is 4.29. The van der Waals surface area contributed by atoms with E-state index in [0.29, 0.717) is 22.3 Å². The molecule has 0 aliphatic carbocycles. The number of aliphatic carboxylic acids is 1. The third kappa shape index (κ3) is 5.37. The van der Waals surface area contributed by atoms with E-state index in [4.69, 9.17) is 16.7 Å². The Bertz CT molecular complexity index is 962. The fourth-order valence-electron chi connectivity index (χ4n) is 2.75. The van der Waals surface area contributed by atoms with Gasteiger partial charge >= 0.3 is 5.97 Å². The first-order chi connectivity index (χ1) is 13.5. The predicted octanol–water partition coefficient (Wildman–Crippen LogP) is 3.81. The molecule has 3 aromatic rings. The Morgan fingerprint density at radius 2 is 1.82 bits per heavy atom. The second kappa shape index (κ2) is 9.43. The molecule has 0 spiro atoms. The van der Waals surface area contributed by atoms with Crippen LogP contribution in [0.2, 0.25) is 5.02 Å². The number of nitrogens with zero attached hydrogens (tertiary/aromatic N) is 2. The average molecular weight is 416 g/mol. The SMILES string of the molecule is O=C(O)C[C@@H](Cc1ccccc1)C(=O)NCc1nc(-c2ccccc2Cl)ns1. The standard InChI is InChI=1S/C20H18ClN3O3S/c21-16-9-5-4-8-15(16)19-23-17(28-24-19)12-22-20(27)14(11-18(25)26)10-13-6-2-1-3-7-13/h1-9,14H,10-12H2,(H,22,27)(H,25,26)/t14-/m1/s1. The number of carbonyl (C=O) groups is 2. The van der Waals surface area contributed by atoms with Crippen LogP contribution in [0.3, 0.4) is 0 Å². The number of carbonyl (C=O) groups excluding carboxylic acids is 1. The van der Waals surface area contributed by atoms with E-state index in [0.717, 1.165) is 11.1 Å². The molecule has 2 aromatic carbocycles. The summed E-state index contributed by atoms with van der Waals surface area (Å²) in [5.74, 6) is -1.48. The quantitative estimate of drug-likeness (QED) is 0.583. The van der Waals surface area contributed by atoms with Crippen molar-refractivity contribution in [1.29, 1.82) is 0 Å². The number of rotatable bonds is 8. The first-order valence-corrected chi connectivity index (χ1v) is 9.79. The summed E-state index contributed by atoms with van der Waals surface area (Å²) in [6, 6.07) is 16.6. The Labute approximate surface area is 171 Å². The van der Waals surface area contributed by atoms with Crippen molar-refractivity contribution >= 4 is 35.0 Å². The van der Waals surface area contributed by atoms with Crippen molar-refractivity contribution < 1.29 is 14.7 Å². The Balaban J connectivity index is 1.64. The lowest BCUT2D eigenvalue weighted by Crippen LogP contribution is -2.33. The fraction of sp³-hybridized carbons (Fsp3) is 0.200. The first kappa shape index (κ1) is 20.0. The zero-order chi connectivity index (χ0) is 19.9. The van der Waals surface area contributed by atoms with Gasteiger partial charge < -0.3 is 10.4 Å². The molecule has 1 aromatic heterocycles. The lowest BCUT2D eigenvalue weighted by Gasteiger charge is -2.14. The molecule has 0 aliphatic heterocycles. The second-order valence-electron chi connectivity index (χ2n) is 6.19. The van der Waals surface area contributed by atoms with Crippen molar-refractivity contribution in [3.8, 4) is 11.4 Å². The molecule has 8 heteroatoms. The molecule has 0 saturated carbocycles. The van der Waals surface area contributed by atoms with E-state index in [-0.39, 0.29) is 18.9 Å². The monoisotopic (exact) mass is 415 g/mol. The number of carboxylic acids is 1. The number of amides is 1. The van der Waals surface area contributed by atoms with Crippen LogP contribution in [-0.4, -0.2) is 26.3 Å². The van der Waals surface area contributed by atoms with Crippen molar-refractivity contribution in [2.75, 3.05) is 0 Å². The van der Waals surface area contributed by atoms with E-state index in [2.05, 4.69) is 14.7 Å². The fourth-order valence-corrected chi connectivity index (χ4v) is 3.57. The Hall–Kier alpha value is -2.77. The van der Waals surface area contributed by atoms with Gasteiger partial charge in [0.1, 0.15) is 5.01 Å². The third-order valence-corrected chi connectivity index (χ3v) is 5.15. The van der Waals surface area contributed by atoms with Gasteiger partial charge in [0, 0.05) is 5.56 Å². The molecular weight excluding hydrogens is 398 g/mol. The van der Waals surface area contributed by atoms with E-state index in [1.807, 2.05) is 48.5 Å². The minimum Gasteiger partial charge on any atom is -0.481 e. The van der Waals surface area contributed by atoms with Gasteiger partial charge in [-0.2, -0.15) is 4.37 Å². The molecule has 1 amide bonds. The van der Waals surface area contributed by atoms with Gasteiger partial charge in [0.25, 0.3) is 0 Å². The van der Waals surface area contributed by atoms with Crippen molar-refractivity contribution in [3.05, 3.63) is 70.2 Å². The molecule has 1 atom stereocenters. The van der Waals surface area contributed by atoms with Crippen LogP contribution in [-0.2, 0) is 22.6 Å². The van der Waals surface area contributed by atoms with Gasteiger partial charge in [-0.25, -0.2) is 4.98 Å². The topological polar surface area (TPSA) is 92.2 Å². The Kier molecular flexibility index (Phi) is 6.73. The first-order valence-electron chi connectivity index (χ1n) is 8.64. The largest absolute Gasteiger partial charge is 0.481 e. The molecule has 28 heavy (non-hydrogen) atoms. The van der Waals surface area contributed by atoms with Gasteiger partial charge in [0.05, 0.1) is 23.9 Å². The van der Waals surface area contributed by atoms with E-state index < -0.39 is 11.9 Å². The molecular formula is C20H18ClN3O3S. The molecule has 0 aliphatic rings. The number of hydrogen-bond donors (Lipinski definition) is 2. The zero-order valence-corrected chi connectivity index (χ0v) is 16.4. The molecule has 0 unspecified atom stereocenters. The maximum absolute atomic E-state index is 12.5. The van der Waals surface area contributed by atoms with Crippen molar-refractivity contribution in [1.82, 2.24) is 14.7 Å². The summed E-state index contributed by atoms with van der Waals surface area (Å²) >= 11 is 7.34. The van der Waals surface area contributed by atoms with Gasteiger partial charge in [-0.05, 0) is 35.6 Å². The Morgan fingerprint density at radius 3 is 2.54 bits per heavy atom. The van der Waals surface area contributed by atoms with E-state index in [9.17, 15) is 9.59 Å². The van der Waals surface area contributed by atoms with Gasteiger partial charge in [-0.15, -0.1) is 0 Å². The summed E-state index contributed by atoms with van der Waals surface area (Å²) in [4.78, 5) is 28.1.